The highest BCUT2D eigenvalue weighted by Gasteiger charge is 2.34. The van der Waals surface area contributed by atoms with E-state index in [2.05, 4.69) is 62.0 Å². The molecule has 0 saturated carbocycles. The number of ether oxygens (including phenoxy) is 2. The summed E-state index contributed by atoms with van der Waals surface area (Å²) in [6, 6.07) is 3.83. The smallest absolute Gasteiger partial charge is 0.333 e. The number of carbonyl (C=O) groups excluding carboxylic acids is 1. The van der Waals surface area contributed by atoms with Crippen LogP contribution in [-0.4, -0.2) is 24.3 Å². The molecule has 4 nitrogen and oxygen atoms in total. The minimum absolute atomic E-state index is 0.151. The number of carbonyl (C=O) groups is 1. The summed E-state index contributed by atoms with van der Waals surface area (Å²) in [5.74, 6) is 1.27. The van der Waals surface area contributed by atoms with Gasteiger partial charge in [0.2, 0.25) is 0 Å². The van der Waals surface area contributed by atoms with Crippen molar-refractivity contribution in [3.63, 3.8) is 0 Å². The van der Waals surface area contributed by atoms with Crippen LogP contribution in [0.3, 0.4) is 0 Å². The van der Waals surface area contributed by atoms with Gasteiger partial charge in [0, 0.05) is 16.7 Å². The van der Waals surface area contributed by atoms with Gasteiger partial charge in [-0.15, -0.1) is 0 Å². The first kappa shape index (κ1) is 24.1. The Labute approximate surface area is 170 Å². The number of benzene rings is 1. The van der Waals surface area contributed by atoms with Crippen LogP contribution >= 0.6 is 0 Å². The minimum atomic E-state index is -0.419. The standard InChI is InChI=1S/C24H38O4/c1-15(2)22(26)28-12-11-27-18-13-19(23(7,8)16(3)4)21(25)20(14-18)24(9,10)17(5)6/h13-14,16-17,25H,1,11-12H2,2-10H3. The highest BCUT2D eigenvalue weighted by molar-refractivity contribution is 5.86. The number of phenolic OH excluding ortho intramolecular Hbond substituents is 1. The van der Waals surface area contributed by atoms with Crippen molar-refractivity contribution < 1.29 is 19.4 Å². The van der Waals surface area contributed by atoms with Crippen LogP contribution < -0.4 is 4.74 Å². The summed E-state index contributed by atoms with van der Waals surface area (Å²) in [7, 11) is 0. The number of esters is 1. The fourth-order valence-corrected chi connectivity index (χ4v) is 2.71. The van der Waals surface area contributed by atoms with Crippen LogP contribution in [0.4, 0.5) is 0 Å². The molecule has 0 radical (unpaired) electrons. The van der Waals surface area contributed by atoms with Gasteiger partial charge in [0.1, 0.15) is 24.7 Å². The lowest BCUT2D eigenvalue weighted by atomic mass is 9.70. The molecule has 0 amide bonds. The van der Waals surface area contributed by atoms with Crippen molar-refractivity contribution in [3.05, 3.63) is 35.4 Å². The normalized spacial score (nSPS) is 12.4. The molecule has 158 valence electrons. The molecule has 1 N–H and O–H groups in total. The summed E-state index contributed by atoms with van der Waals surface area (Å²) < 4.78 is 11.0. The van der Waals surface area contributed by atoms with Crippen molar-refractivity contribution in [3.8, 4) is 11.5 Å². The number of rotatable bonds is 9. The van der Waals surface area contributed by atoms with E-state index in [-0.39, 0.29) is 24.0 Å². The zero-order chi connectivity index (χ0) is 21.9. The average molecular weight is 391 g/mol. The minimum Gasteiger partial charge on any atom is -0.507 e. The molecule has 0 aliphatic heterocycles. The van der Waals surface area contributed by atoms with Gasteiger partial charge in [0.05, 0.1) is 0 Å². The molecule has 0 heterocycles. The van der Waals surface area contributed by atoms with Gasteiger partial charge in [0.25, 0.3) is 0 Å². The molecular formula is C24H38O4. The van der Waals surface area contributed by atoms with E-state index in [4.69, 9.17) is 9.47 Å². The van der Waals surface area contributed by atoms with Crippen LogP contribution in [0.2, 0.25) is 0 Å². The second kappa shape index (κ2) is 9.02. The third-order valence-corrected chi connectivity index (χ3v) is 6.29. The summed E-state index contributed by atoms with van der Waals surface area (Å²) in [5.41, 5.74) is 1.67. The monoisotopic (exact) mass is 390 g/mol. The zero-order valence-corrected chi connectivity index (χ0v) is 19.1. The Morgan fingerprint density at radius 1 is 1.00 bits per heavy atom. The van der Waals surface area contributed by atoms with Gasteiger partial charge >= 0.3 is 5.97 Å². The fourth-order valence-electron chi connectivity index (χ4n) is 2.71. The lowest BCUT2D eigenvalue weighted by Gasteiger charge is -2.36. The second-order valence-electron chi connectivity index (χ2n) is 9.38. The number of hydrogen-bond acceptors (Lipinski definition) is 4. The van der Waals surface area contributed by atoms with Crippen molar-refractivity contribution in [1.82, 2.24) is 0 Å². The Hall–Kier alpha value is -1.97. The van der Waals surface area contributed by atoms with Crippen LogP contribution in [0.25, 0.3) is 0 Å². The first-order valence-corrected chi connectivity index (χ1v) is 10.1. The van der Waals surface area contributed by atoms with Gasteiger partial charge in [-0.05, 0) is 41.7 Å². The number of aromatic hydroxyl groups is 1. The number of phenols is 1. The molecule has 0 atom stereocenters. The molecule has 0 unspecified atom stereocenters. The molecular weight excluding hydrogens is 352 g/mol. The maximum Gasteiger partial charge on any atom is 0.333 e. The summed E-state index contributed by atoms with van der Waals surface area (Å²) in [6.07, 6.45) is 0. The molecule has 4 heteroatoms. The average Bonchev–Trinajstić information content (AvgIpc) is 2.58. The largest absolute Gasteiger partial charge is 0.507 e. The maximum absolute atomic E-state index is 11.5. The fraction of sp³-hybridized carbons (Fsp3) is 0.625. The zero-order valence-electron chi connectivity index (χ0n) is 19.1. The van der Waals surface area contributed by atoms with Gasteiger partial charge in [-0.2, -0.15) is 0 Å². The molecule has 0 bridgehead atoms. The molecule has 0 aliphatic carbocycles. The molecule has 0 spiro atoms. The van der Waals surface area contributed by atoms with E-state index in [0.717, 1.165) is 11.1 Å². The van der Waals surface area contributed by atoms with Gasteiger partial charge < -0.3 is 14.6 Å². The lowest BCUT2D eigenvalue weighted by molar-refractivity contribution is -0.139. The Bertz CT molecular complexity index is 670. The predicted molar refractivity (Wildman–Crippen MR) is 115 cm³/mol. The maximum atomic E-state index is 11.5. The van der Waals surface area contributed by atoms with Crippen molar-refractivity contribution in [2.24, 2.45) is 11.8 Å². The van der Waals surface area contributed by atoms with Crippen molar-refractivity contribution in [2.45, 2.75) is 73.1 Å². The first-order chi connectivity index (χ1) is 12.7. The Kier molecular flexibility index (Phi) is 7.75. The van der Waals surface area contributed by atoms with Crippen molar-refractivity contribution in [2.75, 3.05) is 13.2 Å². The van der Waals surface area contributed by atoms with Crippen LogP contribution in [0.5, 0.6) is 11.5 Å². The van der Waals surface area contributed by atoms with E-state index >= 15 is 0 Å². The van der Waals surface area contributed by atoms with Crippen LogP contribution in [0.15, 0.2) is 24.3 Å². The second-order valence-corrected chi connectivity index (χ2v) is 9.38. The van der Waals surface area contributed by atoms with E-state index in [1.807, 2.05) is 12.1 Å². The van der Waals surface area contributed by atoms with E-state index in [9.17, 15) is 9.90 Å². The van der Waals surface area contributed by atoms with Crippen LogP contribution in [0.1, 0.15) is 73.4 Å². The highest BCUT2D eigenvalue weighted by atomic mass is 16.6. The van der Waals surface area contributed by atoms with Crippen molar-refractivity contribution >= 4 is 5.97 Å². The van der Waals surface area contributed by atoms with E-state index in [1.165, 1.54) is 0 Å². The molecule has 1 rings (SSSR count). The molecule has 28 heavy (non-hydrogen) atoms. The quantitative estimate of drug-likeness (QED) is 0.331. The van der Waals surface area contributed by atoms with Gasteiger partial charge in [-0.25, -0.2) is 4.79 Å². The van der Waals surface area contributed by atoms with Crippen molar-refractivity contribution in [1.29, 1.82) is 0 Å². The molecule has 1 aromatic rings. The first-order valence-electron chi connectivity index (χ1n) is 10.1. The molecule has 0 fully saturated rings. The van der Waals surface area contributed by atoms with E-state index in [0.29, 0.717) is 28.9 Å². The SMILES string of the molecule is C=C(C)C(=O)OCCOc1cc(C(C)(C)C(C)C)c(O)c(C(C)(C)C(C)C)c1. The topological polar surface area (TPSA) is 55.8 Å². The van der Waals surface area contributed by atoms with Gasteiger partial charge in [0.15, 0.2) is 0 Å². The van der Waals surface area contributed by atoms with E-state index < -0.39 is 5.97 Å². The highest BCUT2D eigenvalue weighted by Crippen LogP contribution is 2.46. The third kappa shape index (κ3) is 5.30. The molecule has 1 aromatic carbocycles. The molecule has 0 saturated heterocycles. The van der Waals surface area contributed by atoms with Gasteiger partial charge in [-0.1, -0.05) is 62.0 Å². The number of hydrogen-bond donors (Lipinski definition) is 1. The van der Waals surface area contributed by atoms with E-state index in [1.54, 1.807) is 6.92 Å². The summed E-state index contributed by atoms with van der Waals surface area (Å²) in [5, 5.41) is 11.2. The van der Waals surface area contributed by atoms with Gasteiger partial charge in [-0.3, -0.25) is 0 Å². The Balaban J connectivity index is 3.27. The lowest BCUT2D eigenvalue weighted by Crippen LogP contribution is -2.28. The Morgan fingerprint density at radius 2 is 1.43 bits per heavy atom. The summed E-state index contributed by atoms with van der Waals surface area (Å²) >= 11 is 0. The molecule has 0 aromatic heterocycles. The van der Waals surface area contributed by atoms with Crippen LogP contribution in [-0.2, 0) is 20.4 Å². The van der Waals surface area contributed by atoms with Crippen LogP contribution in [0, 0.1) is 11.8 Å². The predicted octanol–water partition coefficient (Wildman–Crippen LogP) is 5.76. The third-order valence-electron chi connectivity index (χ3n) is 6.29. The summed E-state index contributed by atoms with van der Waals surface area (Å²) in [4.78, 5) is 11.5. The molecule has 0 aliphatic rings. The summed E-state index contributed by atoms with van der Waals surface area (Å²) in [6.45, 7) is 22.7. The Morgan fingerprint density at radius 3 is 1.79 bits per heavy atom.